The minimum atomic E-state index is 0.665. The van der Waals surface area contributed by atoms with Crippen molar-refractivity contribution in [1.29, 1.82) is 10.5 Å². The monoisotopic (exact) mass is 1360 g/mol. The van der Waals surface area contributed by atoms with Gasteiger partial charge in [0.15, 0.2) is 0 Å². The van der Waals surface area contributed by atoms with Crippen LogP contribution in [0.3, 0.4) is 0 Å². The molecule has 0 saturated heterocycles. The quantitative estimate of drug-likeness (QED) is 0.149. The normalized spacial score (nSPS) is 11.9. The number of rotatable bonds is 7. The maximum absolute atomic E-state index is 9.99. The lowest BCUT2D eigenvalue weighted by Crippen LogP contribution is -1.94. The molecule has 0 fully saturated rings. The number of aromatic nitrogens is 2. The standard InChI is InChI=1S/C55H32N2.C49H28N2/c56-33-34-27-36-23-24-37-29-38(30-53-55(37)54(36)52(28-34)57(53)39-15-5-2-6-16-39)40-25-26-47(42-18-8-7-17-41(40)42)49-32-51-44-20-10-9-19-43(44)48(35-13-3-1-4-14-35)31-50(51)46-22-12-11-21-45(46)49;50-29-30-24-32-18-19-33-26-34(27-47-49(33)48(32)46(25-30)51(47)35-11-2-1-3-12-35)37-22-23-43(39-15-7-6-14-38(37)39)45-28-44-36-13-5-4-10-31(36)20-21-42(44)40-16-8-9-17-41(40)45/h1-32H;1-28H. The van der Waals surface area contributed by atoms with Crippen molar-refractivity contribution >= 4 is 151 Å². The molecule has 0 spiro atoms. The maximum atomic E-state index is 9.99. The van der Waals surface area contributed by atoms with Gasteiger partial charge in [-0.05, 0) is 254 Å². The topological polar surface area (TPSA) is 57.4 Å². The van der Waals surface area contributed by atoms with Gasteiger partial charge in [-0.1, -0.05) is 273 Å². The second-order valence-electron chi connectivity index (χ2n) is 28.7. The summed E-state index contributed by atoms with van der Waals surface area (Å²) in [7, 11) is 0. The summed E-state index contributed by atoms with van der Waals surface area (Å²) in [5.74, 6) is 0. The summed E-state index contributed by atoms with van der Waals surface area (Å²) < 4.78 is 4.66. The van der Waals surface area contributed by atoms with E-state index in [1.54, 1.807) is 0 Å². The van der Waals surface area contributed by atoms with Crippen LogP contribution >= 0.6 is 0 Å². The SMILES string of the molecule is N#Cc1cc2ccc3cc(-c4ccc(-c5cc6c7ccccc7c(-c7ccccc7)cc6c6ccccc56)c5ccccc45)cc4c3c2c(c1)n4-c1ccccc1.N#Cc1cc2ccc3cc(-c4ccc(-c5cc6c7ccccc7ccc6c6ccccc56)c5ccccc45)cc4c3c2c(c1)n4-c1ccccc1. The molecule has 0 N–H and O–H groups in total. The molecule has 108 heavy (non-hydrogen) atoms. The molecule has 0 saturated carbocycles. The van der Waals surface area contributed by atoms with Crippen LogP contribution in [0.1, 0.15) is 11.1 Å². The molecule has 2 aromatic heterocycles. The van der Waals surface area contributed by atoms with Crippen LogP contribution in [-0.2, 0) is 0 Å². The number of para-hydroxylation sites is 2. The Labute approximate surface area is 621 Å². The van der Waals surface area contributed by atoms with E-state index in [9.17, 15) is 10.5 Å². The molecule has 496 valence electrons. The van der Waals surface area contributed by atoms with Crippen molar-refractivity contribution in [1.82, 2.24) is 9.13 Å². The molecule has 0 radical (unpaired) electrons. The van der Waals surface area contributed by atoms with Crippen molar-refractivity contribution in [2.75, 3.05) is 0 Å². The van der Waals surface area contributed by atoms with E-state index >= 15 is 0 Å². The van der Waals surface area contributed by atoms with Gasteiger partial charge >= 0.3 is 0 Å². The zero-order chi connectivity index (χ0) is 71.2. The average Bonchev–Trinajstić information content (AvgIpc) is 1.57. The Balaban J connectivity index is 0.000000135. The first kappa shape index (κ1) is 60.9. The summed E-state index contributed by atoms with van der Waals surface area (Å²) in [5, 5.41) is 49.4. The Hall–Kier alpha value is -14.7. The smallest absolute Gasteiger partial charge is 0.0992 e. The van der Waals surface area contributed by atoms with Gasteiger partial charge in [0.05, 0.1) is 45.3 Å². The molecule has 0 aliphatic heterocycles. The van der Waals surface area contributed by atoms with Crippen LogP contribution in [0.4, 0.5) is 0 Å². The molecule has 0 unspecified atom stereocenters. The van der Waals surface area contributed by atoms with Crippen molar-refractivity contribution < 1.29 is 0 Å². The predicted octanol–water partition coefficient (Wildman–Crippen LogP) is 28.1. The third kappa shape index (κ3) is 9.22. The molecule has 4 heteroatoms. The fourth-order valence-corrected chi connectivity index (χ4v) is 18.4. The summed E-state index contributed by atoms with van der Waals surface area (Å²) in [6, 6.07) is 137. The van der Waals surface area contributed by atoms with Crippen molar-refractivity contribution in [3.05, 3.63) is 375 Å². The maximum Gasteiger partial charge on any atom is 0.0992 e. The number of hydrogen-bond donors (Lipinski definition) is 0. The summed E-state index contributed by atoms with van der Waals surface area (Å²) in [5.41, 5.74) is 20.0. The van der Waals surface area contributed by atoms with Gasteiger partial charge in [-0.15, -0.1) is 0 Å². The van der Waals surface area contributed by atoms with Gasteiger partial charge in [-0.3, -0.25) is 0 Å². The van der Waals surface area contributed by atoms with E-state index in [-0.39, 0.29) is 0 Å². The second kappa shape index (κ2) is 23.9. The summed E-state index contributed by atoms with van der Waals surface area (Å²) in [6.07, 6.45) is 0. The molecule has 0 atom stereocenters. The molecule has 4 nitrogen and oxygen atoms in total. The molecule has 0 aliphatic rings. The molecule has 0 bridgehead atoms. The molecule has 0 amide bonds. The van der Waals surface area contributed by atoms with Crippen molar-refractivity contribution in [2.24, 2.45) is 0 Å². The molecule has 21 aromatic carbocycles. The highest BCUT2D eigenvalue weighted by Crippen LogP contribution is 2.50. The Bertz CT molecular complexity index is 7800. The van der Waals surface area contributed by atoms with Gasteiger partial charge in [0.2, 0.25) is 0 Å². The van der Waals surface area contributed by atoms with Gasteiger partial charge < -0.3 is 9.13 Å². The first-order valence-electron chi connectivity index (χ1n) is 36.9. The summed E-state index contributed by atoms with van der Waals surface area (Å²) in [4.78, 5) is 0. The lowest BCUT2D eigenvalue weighted by atomic mass is 9.85. The van der Waals surface area contributed by atoms with E-state index in [2.05, 4.69) is 361 Å². The zero-order valence-electron chi connectivity index (χ0n) is 58.4. The molecule has 23 aromatic rings. The molecular weight excluding hydrogens is 1310 g/mol. The van der Waals surface area contributed by atoms with Crippen LogP contribution in [0, 0.1) is 22.7 Å². The molecule has 2 heterocycles. The van der Waals surface area contributed by atoms with Crippen molar-refractivity contribution in [3.8, 4) is 79.1 Å². The average molecular weight is 1370 g/mol. The highest BCUT2D eigenvalue weighted by atomic mass is 15.0. The number of nitriles is 2. The van der Waals surface area contributed by atoms with Crippen LogP contribution in [-0.4, -0.2) is 9.13 Å². The van der Waals surface area contributed by atoms with E-state index in [1.165, 1.54) is 169 Å². The minimum absolute atomic E-state index is 0.665. The Morgan fingerprint density at radius 3 is 0.907 bits per heavy atom. The predicted molar refractivity (Wildman–Crippen MR) is 456 cm³/mol. The number of nitrogens with zero attached hydrogens (tertiary/aromatic N) is 4. The van der Waals surface area contributed by atoms with Crippen LogP contribution in [0.25, 0.3) is 218 Å². The Kier molecular flexibility index (Phi) is 13.5. The van der Waals surface area contributed by atoms with Crippen molar-refractivity contribution in [2.45, 2.75) is 0 Å². The van der Waals surface area contributed by atoms with E-state index in [1.807, 2.05) is 24.3 Å². The van der Waals surface area contributed by atoms with Gasteiger partial charge in [0, 0.05) is 32.9 Å². The van der Waals surface area contributed by atoms with Crippen LogP contribution in [0.15, 0.2) is 364 Å². The second-order valence-corrected chi connectivity index (χ2v) is 28.7. The Morgan fingerprint density at radius 1 is 0.176 bits per heavy atom. The van der Waals surface area contributed by atoms with Crippen molar-refractivity contribution in [3.63, 3.8) is 0 Å². The summed E-state index contributed by atoms with van der Waals surface area (Å²) >= 11 is 0. The van der Waals surface area contributed by atoms with Crippen LogP contribution < -0.4 is 0 Å². The van der Waals surface area contributed by atoms with Crippen LogP contribution in [0.2, 0.25) is 0 Å². The molecule has 23 rings (SSSR count). The number of hydrogen-bond acceptors (Lipinski definition) is 2. The highest BCUT2D eigenvalue weighted by Gasteiger charge is 2.25. The largest absolute Gasteiger partial charge is 0.309 e. The van der Waals surface area contributed by atoms with E-state index in [0.717, 1.165) is 49.8 Å². The number of benzene rings is 21. The van der Waals surface area contributed by atoms with E-state index in [0.29, 0.717) is 11.1 Å². The first-order chi connectivity index (χ1) is 53.5. The Morgan fingerprint density at radius 2 is 0.472 bits per heavy atom. The summed E-state index contributed by atoms with van der Waals surface area (Å²) in [6.45, 7) is 0. The minimum Gasteiger partial charge on any atom is -0.309 e. The molecule has 0 aliphatic carbocycles. The van der Waals surface area contributed by atoms with Crippen LogP contribution in [0.5, 0.6) is 0 Å². The van der Waals surface area contributed by atoms with Gasteiger partial charge in [-0.2, -0.15) is 10.5 Å². The van der Waals surface area contributed by atoms with Gasteiger partial charge in [0.25, 0.3) is 0 Å². The number of fused-ring (bicyclic) bond motifs is 12. The fraction of sp³-hybridized carbons (Fsp3) is 0. The lowest BCUT2D eigenvalue weighted by Gasteiger charge is -2.18. The fourth-order valence-electron chi connectivity index (χ4n) is 18.4. The third-order valence-corrected chi connectivity index (χ3v) is 23.0. The van der Waals surface area contributed by atoms with E-state index < -0.39 is 0 Å². The van der Waals surface area contributed by atoms with E-state index in [4.69, 9.17) is 0 Å². The first-order valence-corrected chi connectivity index (χ1v) is 36.9. The highest BCUT2D eigenvalue weighted by molar-refractivity contribution is 6.30. The third-order valence-electron chi connectivity index (χ3n) is 23.0. The van der Waals surface area contributed by atoms with Gasteiger partial charge in [-0.25, -0.2) is 0 Å². The molecular formula is C104H60N4. The zero-order valence-corrected chi connectivity index (χ0v) is 58.4. The van der Waals surface area contributed by atoms with Gasteiger partial charge in [0.1, 0.15) is 0 Å². The lowest BCUT2D eigenvalue weighted by molar-refractivity contribution is 1.18.